The maximum absolute atomic E-state index is 7.67. The summed E-state index contributed by atoms with van der Waals surface area (Å²) in [5.74, 6) is 0. The monoisotopic (exact) mass is 562 g/mol. The number of epoxide rings is 1. The fourth-order valence-electron chi connectivity index (χ4n) is 7.02. The number of benzene rings is 4. The molecular formula is C36H38O4Si. The number of ether oxygens (including phenoxy) is 3. The first-order chi connectivity index (χ1) is 20.0. The van der Waals surface area contributed by atoms with Gasteiger partial charge in [0.2, 0.25) is 0 Å². The lowest BCUT2D eigenvalue weighted by Gasteiger charge is -2.50. The van der Waals surface area contributed by atoms with Gasteiger partial charge in [0.1, 0.15) is 30.5 Å². The number of fused-ring (bicyclic) bond motifs is 2. The third-order valence-corrected chi connectivity index (χ3v) is 14.0. The normalized spacial score (nSPS) is 29.3. The molecule has 0 unspecified atom stereocenters. The highest BCUT2D eigenvalue weighted by atomic mass is 28.4. The van der Waals surface area contributed by atoms with E-state index in [0.717, 1.165) is 17.5 Å². The summed E-state index contributed by atoms with van der Waals surface area (Å²) in [6, 6.07) is 42.6. The van der Waals surface area contributed by atoms with Crippen molar-refractivity contribution in [2.24, 2.45) is 0 Å². The average molecular weight is 563 g/mol. The van der Waals surface area contributed by atoms with Crippen LogP contribution in [0.2, 0.25) is 5.04 Å². The van der Waals surface area contributed by atoms with Crippen molar-refractivity contribution in [1.82, 2.24) is 0 Å². The Bertz CT molecular complexity index is 1400. The van der Waals surface area contributed by atoms with E-state index in [0.29, 0.717) is 0 Å². The van der Waals surface area contributed by atoms with Crippen LogP contribution in [0.4, 0.5) is 0 Å². The van der Waals surface area contributed by atoms with Crippen LogP contribution in [0.15, 0.2) is 121 Å². The van der Waals surface area contributed by atoms with Crippen LogP contribution in [-0.2, 0) is 18.6 Å². The van der Waals surface area contributed by atoms with Gasteiger partial charge in [0.25, 0.3) is 8.32 Å². The van der Waals surface area contributed by atoms with E-state index in [9.17, 15) is 0 Å². The van der Waals surface area contributed by atoms with Crippen molar-refractivity contribution < 1.29 is 18.6 Å². The summed E-state index contributed by atoms with van der Waals surface area (Å²) in [5, 5.41) is 2.38. The molecule has 0 N–H and O–H groups in total. The lowest BCUT2D eigenvalue weighted by molar-refractivity contribution is -0.253. The van der Waals surface area contributed by atoms with Gasteiger partial charge in [-0.15, -0.1) is 0 Å². The molecule has 7 atom stereocenters. The molecule has 0 amide bonds. The first-order valence-corrected chi connectivity index (χ1v) is 16.7. The molecule has 210 valence electrons. The van der Waals surface area contributed by atoms with Gasteiger partial charge in [0.15, 0.2) is 0 Å². The van der Waals surface area contributed by atoms with Crippen molar-refractivity contribution in [3.05, 3.63) is 132 Å². The summed E-state index contributed by atoms with van der Waals surface area (Å²) in [6.45, 7) is 6.96. The summed E-state index contributed by atoms with van der Waals surface area (Å²) in [4.78, 5) is 0. The van der Waals surface area contributed by atoms with Crippen molar-refractivity contribution in [2.75, 3.05) is 0 Å². The second-order valence-electron chi connectivity index (χ2n) is 12.6. The van der Waals surface area contributed by atoms with E-state index in [1.165, 1.54) is 10.4 Å². The quantitative estimate of drug-likeness (QED) is 0.202. The Morgan fingerprint density at radius 1 is 0.561 bits per heavy atom. The third-order valence-electron chi connectivity index (χ3n) is 8.99. The van der Waals surface area contributed by atoms with Crippen LogP contribution in [0.25, 0.3) is 0 Å². The number of rotatable bonds is 6. The van der Waals surface area contributed by atoms with Crippen LogP contribution in [0.3, 0.4) is 0 Å². The molecule has 7 rings (SSSR count). The van der Waals surface area contributed by atoms with E-state index in [4.69, 9.17) is 18.6 Å². The highest BCUT2D eigenvalue weighted by Gasteiger charge is 2.63. The van der Waals surface area contributed by atoms with Gasteiger partial charge in [-0.05, 0) is 26.5 Å². The van der Waals surface area contributed by atoms with Crippen molar-refractivity contribution >= 4 is 18.7 Å². The first-order valence-electron chi connectivity index (χ1n) is 14.8. The lowest BCUT2D eigenvalue weighted by Crippen LogP contribution is -2.70. The molecule has 4 aromatic carbocycles. The molecule has 4 nitrogen and oxygen atoms in total. The summed E-state index contributed by atoms with van der Waals surface area (Å²) in [7, 11) is -2.83. The molecule has 5 heteroatoms. The SMILES string of the molecule is CC(C)(C)[Si](O[C@@H]1[C@H]2O[C@@H](c3ccccc3)[C@H](c3ccccc3)O[C@H]2C[C@H]2O[C@@H]12)(c1ccccc1)c1ccccc1. The summed E-state index contributed by atoms with van der Waals surface area (Å²) < 4.78 is 28.2. The molecular weight excluding hydrogens is 524 g/mol. The van der Waals surface area contributed by atoms with Gasteiger partial charge in [0, 0.05) is 6.42 Å². The zero-order valence-electron chi connectivity index (χ0n) is 23.9. The van der Waals surface area contributed by atoms with Crippen LogP contribution in [0.1, 0.15) is 50.5 Å². The number of hydrogen-bond acceptors (Lipinski definition) is 4. The van der Waals surface area contributed by atoms with Crippen molar-refractivity contribution in [3.63, 3.8) is 0 Å². The van der Waals surface area contributed by atoms with E-state index in [2.05, 4.69) is 130 Å². The van der Waals surface area contributed by atoms with Gasteiger partial charge in [-0.3, -0.25) is 0 Å². The average Bonchev–Trinajstić information content (AvgIpc) is 3.79. The molecule has 2 aliphatic heterocycles. The van der Waals surface area contributed by atoms with Gasteiger partial charge in [0.05, 0.1) is 12.2 Å². The van der Waals surface area contributed by atoms with Crippen LogP contribution in [0.5, 0.6) is 0 Å². The van der Waals surface area contributed by atoms with Gasteiger partial charge in [-0.1, -0.05) is 142 Å². The molecule has 0 aromatic heterocycles. The van der Waals surface area contributed by atoms with E-state index < -0.39 is 8.32 Å². The Morgan fingerprint density at radius 2 is 0.976 bits per heavy atom. The van der Waals surface area contributed by atoms with Crippen molar-refractivity contribution in [2.45, 2.75) is 75.0 Å². The fraction of sp³-hybridized carbons (Fsp3) is 0.333. The highest BCUT2D eigenvalue weighted by molar-refractivity contribution is 6.99. The molecule has 3 aliphatic rings. The Balaban J connectivity index is 1.31. The van der Waals surface area contributed by atoms with E-state index in [1.54, 1.807) is 0 Å². The Hall–Kier alpha value is -3.06. The maximum atomic E-state index is 7.67. The molecule has 0 radical (unpaired) electrons. The summed E-state index contributed by atoms with van der Waals surface area (Å²) in [5.41, 5.74) is 2.24. The predicted molar refractivity (Wildman–Crippen MR) is 164 cm³/mol. The zero-order chi connectivity index (χ0) is 28.0. The molecule has 0 spiro atoms. The molecule has 1 saturated carbocycles. The molecule has 2 heterocycles. The highest BCUT2D eigenvalue weighted by Crippen LogP contribution is 2.51. The second-order valence-corrected chi connectivity index (χ2v) is 16.8. The maximum Gasteiger partial charge on any atom is 0.261 e. The minimum atomic E-state index is -2.83. The largest absolute Gasteiger partial charge is 0.399 e. The minimum Gasteiger partial charge on any atom is -0.399 e. The smallest absolute Gasteiger partial charge is 0.261 e. The van der Waals surface area contributed by atoms with Gasteiger partial charge in [-0.2, -0.15) is 0 Å². The van der Waals surface area contributed by atoms with Gasteiger partial charge in [-0.25, -0.2) is 0 Å². The van der Waals surface area contributed by atoms with Crippen LogP contribution >= 0.6 is 0 Å². The van der Waals surface area contributed by atoms with Crippen LogP contribution < -0.4 is 10.4 Å². The minimum absolute atomic E-state index is 0.00574. The Morgan fingerprint density at radius 3 is 1.46 bits per heavy atom. The molecule has 2 saturated heterocycles. The molecule has 41 heavy (non-hydrogen) atoms. The van der Waals surface area contributed by atoms with E-state index in [1.807, 2.05) is 12.1 Å². The molecule has 3 fully saturated rings. The third kappa shape index (κ3) is 4.80. The predicted octanol–water partition coefficient (Wildman–Crippen LogP) is 6.37. The van der Waals surface area contributed by atoms with Crippen LogP contribution in [0, 0.1) is 0 Å². The second kappa shape index (κ2) is 10.6. The topological polar surface area (TPSA) is 40.2 Å². The van der Waals surface area contributed by atoms with Crippen molar-refractivity contribution in [3.8, 4) is 0 Å². The standard InChI is InChI=1S/C36H38O4Si/c1-36(2,3)41(27-20-12-6-13-21-27,28-22-14-7-15-23-28)40-35-33-29(38-33)24-30-34(35)39-32(26-18-10-5-11-19-26)31(37-30)25-16-8-4-9-17-25/h4-23,29-35H,24H2,1-3H3/t29-,30+,31+,32+,33-,34+,35+/m1/s1. The lowest BCUT2D eigenvalue weighted by atomic mass is 9.88. The van der Waals surface area contributed by atoms with Crippen molar-refractivity contribution in [1.29, 1.82) is 0 Å². The molecule has 1 aliphatic carbocycles. The van der Waals surface area contributed by atoms with Gasteiger partial charge < -0.3 is 18.6 Å². The summed E-state index contributed by atoms with van der Waals surface area (Å²) >= 11 is 0. The first kappa shape index (κ1) is 26.8. The van der Waals surface area contributed by atoms with E-state index in [-0.39, 0.29) is 47.8 Å². The fourth-order valence-corrected chi connectivity index (χ4v) is 11.7. The molecule has 0 bridgehead atoms. The Kier molecular flexibility index (Phi) is 6.96. The van der Waals surface area contributed by atoms with Gasteiger partial charge >= 0.3 is 0 Å². The zero-order valence-corrected chi connectivity index (χ0v) is 24.9. The Labute approximate surface area is 244 Å². The van der Waals surface area contributed by atoms with E-state index >= 15 is 0 Å². The molecule has 4 aromatic rings. The van der Waals surface area contributed by atoms with Crippen LogP contribution in [-0.4, -0.2) is 38.8 Å². The number of hydrogen-bond donors (Lipinski definition) is 0. The summed E-state index contributed by atoms with van der Waals surface area (Å²) in [6.07, 6.45) is -0.102.